The number of carbonyl (C=O) groups excluding carboxylic acids is 4. The minimum atomic E-state index is -1.37. The highest BCUT2D eigenvalue weighted by molar-refractivity contribution is 6.23. The van der Waals surface area contributed by atoms with Crippen LogP contribution in [0.15, 0.2) is 47.1 Å². The molecule has 1 aromatic carbocycles. The second kappa shape index (κ2) is 8.59. The van der Waals surface area contributed by atoms with Crippen molar-refractivity contribution in [2.24, 2.45) is 0 Å². The quantitative estimate of drug-likeness (QED) is 0.592. The lowest BCUT2D eigenvalue weighted by Crippen LogP contribution is -2.45. The van der Waals surface area contributed by atoms with E-state index in [2.05, 4.69) is 0 Å². The summed E-state index contributed by atoms with van der Waals surface area (Å²) in [6, 6.07) is 8.59. The molecule has 3 amide bonds. The summed E-state index contributed by atoms with van der Waals surface area (Å²) in [6.45, 7) is -0.0565. The van der Waals surface area contributed by atoms with E-state index in [1.165, 1.54) is 18.3 Å². The number of hydrogen-bond donors (Lipinski definition) is 0. The molecule has 9 nitrogen and oxygen atoms in total. The van der Waals surface area contributed by atoms with Crippen LogP contribution in [0.5, 0.6) is 5.75 Å². The molecular weight excluding hydrogens is 380 g/mol. The van der Waals surface area contributed by atoms with Crippen molar-refractivity contribution in [3.63, 3.8) is 0 Å². The number of hydrogen-bond acceptors (Lipinski definition) is 7. The van der Waals surface area contributed by atoms with Crippen molar-refractivity contribution >= 4 is 29.4 Å². The number of anilines is 1. The number of methoxy groups -OCH3 is 1. The molecule has 1 aromatic heterocycles. The Kier molecular flexibility index (Phi) is 5.96. The van der Waals surface area contributed by atoms with E-state index in [0.29, 0.717) is 17.2 Å². The van der Waals surface area contributed by atoms with Crippen LogP contribution in [0.2, 0.25) is 0 Å². The zero-order valence-corrected chi connectivity index (χ0v) is 15.7. The lowest BCUT2D eigenvalue weighted by atomic mass is 10.1. The second-order valence-corrected chi connectivity index (χ2v) is 6.46. The van der Waals surface area contributed by atoms with Crippen LogP contribution in [0, 0.1) is 0 Å². The summed E-state index contributed by atoms with van der Waals surface area (Å²) in [4.78, 5) is 51.1. The van der Waals surface area contributed by atoms with Crippen LogP contribution < -0.4 is 14.7 Å². The minimum Gasteiger partial charge on any atom is -0.550 e. The Morgan fingerprint density at radius 3 is 2.52 bits per heavy atom. The van der Waals surface area contributed by atoms with E-state index in [9.17, 15) is 24.3 Å². The standard InChI is InChI=1S/C20H20N2O7/c1-28-14-6-4-13(5-7-14)22-18(24)11-16(20(22)27)21(12-15-3-2-10-29-15)17(23)8-9-19(25)26/h2-7,10,16H,8-9,11-12H2,1H3,(H,25,26)/p-1. The number of amides is 3. The molecule has 2 aromatic rings. The number of furan rings is 1. The maximum atomic E-state index is 13.0. The summed E-state index contributed by atoms with van der Waals surface area (Å²) in [6.07, 6.45) is 0.390. The van der Waals surface area contributed by atoms with Gasteiger partial charge in [0.1, 0.15) is 17.6 Å². The molecular formula is C20H19N2O7-. The number of nitrogens with zero attached hydrogens (tertiary/aromatic N) is 2. The number of rotatable bonds is 8. The fourth-order valence-electron chi connectivity index (χ4n) is 3.16. The fourth-order valence-corrected chi connectivity index (χ4v) is 3.16. The molecule has 0 aliphatic carbocycles. The van der Waals surface area contributed by atoms with E-state index in [1.54, 1.807) is 36.4 Å². The number of imide groups is 1. The van der Waals surface area contributed by atoms with Gasteiger partial charge in [0.25, 0.3) is 5.91 Å². The number of aliphatic carboxylic acids is 1. The number of ether oxygens (including phenoxy) is 1. The Labute approximate surface area is 166 Å². The van der Waals surface area contributed by atoms with Crippen LogP contribution in [0.3, 0.4) is 0 Å². The Morgan fingerprint density at radius 2 is 1.93 bits per heavy atom. The maximum Gasteiger partial charge on any atom is 0.257 e. The van der Waals surface area contributed by atoms with Crippen molar-refractivity contribution in [3.05, 3.63) is 48.4 Å². The first-order chi connectivity index (χ1) is 13.9. The zero-order chi connectivity index (χ0) is 21.0. The van der Waals surface area contributed by atoms with E-state index < -0.39 is 36.2 Å². The summed E-state index contributed by atoms with van der Waals surface area (Å²) in [5.74, 6) is -1.98. The van der Waals surface area contributed by atoms with Gasteiger partial charge < -0.3 is 24.0 Å². The monoisotopic (exact) mass is 399 g/mol. The van der Waals surface area contributed by atoms with Crippen LogP contribution in [0.4, 0.5) is 5.69 Å². The maximum absolute atomic E-state index is 13.0. The molecule has 1 unspecified atom stereocenters. The molecule has 0 N–H and O–H groups in total. The van der Waals surface area contributed by atoms with Gasteiger partial charge in [-0.2, -0.15) is 0 Å². The van der Waals surface area contributed by atoms with Gasteiger partial charge >= 0.3 is 0 Å². The molecule has 9 heteroatoms. The first kappa shape index (κ1) is 20.1. The van der Waals surface area contributed by atoms with Crippen LogP contribution >= 0.6 is 0 Å². The smallest absolute Gasteiger partial charge is 0.257 e. The largest absolute Gasteiger partial charge is 0.550 e. The van der Waals surface area contributed by atoms with Crippen molar-refractivity contribution in [1.29, 1.82) is 0 Å². The fraction of sp³-hybridized carbons (Fsp3) is 0.300. The van der Waals surface area contributed by atoms with Gasteiger partial charge in [0.15, 0.2) is 0 Å². The molecule has 152 valence electrons. The van der Waals surface area contributed by atoms with Crippen molar-refractivity contribution in [2.45, 2.75) is 31.8 Å². The van der Waals surface area contributed by atoms with Crippen molar-refractivity contribution in [1.82, 2.24) is 4.90 Å². The van der Waals surface area contributed by atoms with E-state index in [1.807, 2.05) is 0 Å². The van der Waals surface area contributed by atoms with Gasteiger partial charge in [0.05, 0.1) is 32.0 Å². The molecule has 1 atom stereocenters. The number of benzene rings is 1. The number of carboxylic acids is 1. The SMILES string of the molecule is COc1ccc(N2C(=O)CC(N(Cc3ccco3)C(=O)CCC(=O)[O-])C2=O)cc1. The lowest BCUT2D eigenvalue weighted by Gasteiger charge is -2.27. The highest BCUT2D eigenvalue weighted by Crippen LogP contribution is 2.28. The zero-order valence-electron chi connectivity index (χ0n) is 15.7. The average Bonchev–Trinajstić information content (AvgIpc) is 3.32. The summed E-state index contributed by atoms with van der Waals surface area (Å²) >= 11 is 0. The lowest BCUT2D eigenvalue weighted by molar-refractivity contribution is -0.305. The average molecular weight is 399 g/mol. The third-order valence-corrected chi connectivity index (χ3v) is 4.60. The Morgan fingerprint density at radius 1 is 1.21 bits per heavy atom. The molecule has 0 radical (unpaired) electrons. The predicted molar refractivity (Wildman–Crippen MR) is 97.4 cm³/mol. The topological polar surface area (TPSA) is 120 Å². The molecule has 1 fully saturated rings. The highest BCUT2D eigenvalue weighted by Gasteiger charge is 2.44. The van der Waals surface area contributed by atoms with Gasteiger partial charge in [-0.1, -0.05) is 0 Å². The molecule has 0 bridgehead atoms. The van der Waals surface area contributed by atoms with Crippen LogP contribution in [0.25, 0.3) is 0 Å². The first-order valence-corrected chi connectivity index (χ1v) is 8.93. The molecule has 0 spiro atoms. The minimum absolute atomic E-state index is 0.0565. The van der Waals surface area contributed by atoms with Gasteiger partial charge in [0.2, 0.25) is 11.8 Å². The Bertz CT molecular complexity index is 905. The van der Waals surface area contributed by atoms with Crippen molar-refractivity contribution in [2.75, 3.05) is 12.0 Å². The van der Waals surface area contributed by atoms with E-state index in [4.69, 9.17) is 9.15 Å². The highest BCUT2D eigenvalue weighted by atomic mass is 16.5. The Balaban J connectivity index is 1.84. The van der Waals surface area contributed by atoms with Gasteiger partial charge in [-0.3, -0.25) is 14.4 Å². The molecule has 2 heterocycles. The predicted octanol–water partition coefficient (Wildman–Crippen LogP) is 0.479. The molecule has 1 aliphatic rings. The third-order valence-electron chi connectivity index (χ3n) is 4.60. The van der Waals surface area contributed by atoms with Gasteiger partial charge in [-0.05, 0) is 42.8 Å². The van der Waals surface area contributed by atoms with Crippen LogP contribution in [-0.2, 0) is 25.7 Å². The summed E-state index contributed by atoms with van der Waals surface area (Å²) in [5.41, 5.74) is 0.364. The molecule has 0 saturated carbocycles. The normalized spacial score (nSPS) is 16.2. The first-order valence-electron chi connectivity index (χ1n) is 8.93. The van der Waals surface area contributed by atoms with Crippen molar-refractivity contribution in [3.8, 4) is 5.75 Å². The van der Waals surface area contributed by atoms with Gasteiger partial charge in [-0.25, -0.2) is 4.90 Å². The van der Waals surface area contributed by atoms with Crippen LogP contribution in [0.1, 0.15) is 25.0 Å². The van der Waals surface area contributed by atoms with E-state index in [0.717, 1.165) is 4.90 Å². The second-order valence-electron chi connectivity index (χ2n) is 6.46. The summed E-state index contributed by atoms with van der Waals surface area (Å²) in [5, 5.41) is 10.7. The van der Waals surface area contributed by atoms with E-state index >= 15 is 0 Å². The third kappa shape index (κ3) is 4.45. The molecule has 3 rings (SSSR count). The van der Waals surface area contributed by atoms with Crippen LogP contribution in [-0.4, -0.2) is 41.7 Å². The number of carbonyl (C=O) groups is 4. The van der Waals surface area contributed by atoms with Gasteiger partial charge in [-0.15, -0.1) is 0 Å². The molecule has 1 aliphatic heterocycles. The van der Waals surface area contributed by atoms with Gasteiger partial charge in [0, 0.05) is 12.4 Å². The summed E-state index contributed by atoms with van der Waals surface area (Å²) < 4.78 is 10.3. The Hall–Kier alpha value is -3.62. The van der Waals surface area contributed by atoms with E-state index in [-0.39, 0.29) is 19.4 Å². The summed E-state index contributed by atoms with van der Waals surface area (Å²) in [7, 11) is 1.50. The molecule has 29 heavy (non-hydrogen) atoms. The number of carboxylic acid groups (broad SMARTS) is 1. The molecule has 1 saturated heterocycles. The van der Waals surface area contributed by atoms with Crippen molar-refractivity contribution < 1.29 is 33.4 Å².